The van der Waals surface area contributed by atoms with Crippen LogP contribution in [0, 0.1) is 11.3 Å². The number of aromatic nitrogens is 1. The standard InChI is InChI=1S/C20H29N3/c1-14-9-19(14)23-13-20(7-8-20)12-22-15(2)10-16-11-21-18-6-4-3-5-17(16)18/h3-6,11,14-15,19,21-23H,7-10,12-13H2,1-2H3/t14-,15-,19-/m1/s1. The Kier molecular flexibility index (Phi) is 3.94. The van der Waals surface area contributed by atoms with Crippen LogP contribution in [0.1, 0.15) is 38.7 Å². The van der Waals surface area contributed by atoms with Gasteiger partial charge in [0.25, 0.3) is 0 Å². The minimum atomic E-state index is 0.520. The maximum absolute atomic E-state index is 3.79. The van der Waals surface area contributed by atoms with Crippen LogP contribution in [0.3, 0.4) is 0 Å². The lowest BCUT2D eigenvalue weighted by Crippen LogP contribution is -2.38. The van der Waals surface area contributed by atoms with Gasteiger partial charge < -0.3 is 15.6 Å². The molecule has 1 aromatic carbocycles. The zero-order valence-electron chi connectivity index (χ0n) is 14.4. The van der Waals surface area contributed by atoms with Crippen LogP contribution in [0.25, 0.3) is 10.9 Å². The third-order valence-corrected chi connectivity index (χ3v) is 5.83. The third kappa shape index (κ3) is 3.46. The van der Waals surface area contributed by atoms with Crippen molar-refractivity contribution in [2.75, 3.05) is 13.1 Å². The Morgan fingerprint density at radius 1 is 1.26 bits per heavy atom. The summed E-state index contributed by atoms with van der Waals surface area (Å²) in [4.78, 5) is 3.38. The molecule has 2 aliphatic rings. The fraction of sp³-hybridized carbons (Fsp3) is 0.600. The molecule has 0 radical (unpaired) electrons. The number of rotatable bonds is 8. The summed E-state index contributed by atoms with van der Waals surface area (Å²) in [5, 5.41) is 8.91. The molecule has 0 saturated heterocycles. The number of hydrogen-bond donors (Lipinski definition) is 3. The fourth-order valence-electron chi connectivity index (χ4n) is 3.64. The first-order chi connectivity index (χ1) is 11.2. The molecule has 0 unspecified atom stereocenters. The Labute approximate surface area is 139 Å². The molecule has 2 aliphatic carbocycles. The van der Waals surface area contributed by atoms with Crippen molar-refractivity contribution in [3.63, 3.8) is 0 Å². The van der Waals surface area contributed by atoms with Gasteiger partial charge >= 0.3 is 0 Å². The summed E-state index contributed by atoms with van der Waals surface area (Å²) in [5.74, 6) is 0.902. The van der Waals surface area contributed by atoms with E-state index in [1.807, 2.05) is 0 Å². The van der Waals surface area contributed by atoms with Crippen molar-refractivity contribution in [2.45, 2.75) is 51.6 Å². The third-order valence-electron chi connectivity index (χ3n) is 5.83. The molecule has 0 amide bonds. The van der Waals surface area contributed by atoms with Gasteiger partial charge in [0.05, 0.1) is 0 Å². The molecular weight excluding hydrogens is 282 g/mol. The van der Waals surface area contributed by atoms with Crippen LogP contribution in [0.4, 0.5) is 0 Å². The van der Waals surface area contributed by atoms with E-state index in [0.717, 1.165) is 24.9 Å². The van der Waals surface area contributed by atoms with Crippen LogP contribution in [-0.4, -0.2) is 30.2 Å². The Hall–Kier alpha value is -1.32. The number of para-hydroxylation sites is 1. The normalized spacial score (nSPS) is 26.3. The molecule has 1 heterocycles. The van der Waals surface area contributed by atoms with E-state index in [9.17, 15) is 0 Å². The molecule has 2 saturated carbocycles. The summed E-state index contributed by atoms with van der Waals surface area (Å²) in [6.45, 7) is 7.02. The Morgan fingerprint density at radius 2 is 2.04 bits per heavy atom. The Bertz CT molecular complexity index is 670. The van der Waals surface area contributed by atoms with E-state index in [0.29, 0.717) is 11.5 Å². The zero-order chi connectivity index (χ0) is 15.9. The SMILES string of the molecule is C[C@H](Cc1c[nH]c2ccccc12)NCC1(CN[C@@H]2C[C@H]2C)CC1. The van der Waals surface area contributed by atoms with Gasteiger partial charge in [0.1, 0.15) is 0 Å². The van der Waals surface area contributed by atoms with E-state index < -0.39 is 0 Å². The highest BCUT2D eigenvalue weighted by Crippen LogP contribution is 2.45. The smallest absolute Gasteiger partial charge is 0.0456 e. The van der Waals surface area contributed by atoms with E-state index in [1.54, 1.807) is 0 Å². The van der Waals surface area contributed by atoms with Crippen LogP contribution < -0.4 is 10.6 Å². The van der Waals surface area contributed by atoms with Gasteiger partial charge in [-0.3, -0.25) is 0 Å². The highest BCUT2D eigenvalue weighted by atomic mass is 15.0. The molecule has 0 spiro atoms. The molecule has 2 aromatic rings. The average Bonchev–Trinajstić information content (AvgIpc) is 3.44. The zero-order valence-corrected chi connectivity index (χ0v) is 14.4. The van der Waals surface area contributed by atoms with Crippen molar-refractivity contribution in [1.29, 1.82) is 0 Å². The average molecular weight is 311 g/mol. The van der Waals surface area contributed by atoms with Crippen molar-refractivity contribution in [3.05, 3.63) is 36.0 Å². The van der Waals surface area contributed by atoms with E-state index in [-0.39, 0.29) is 0 Å². The second kappa shape index (κ2) is 5.95. The molecule has 4 rings (SSSR count). The molecule has 2 fully saturated rings. The minimum absolute atomic E-state index is 0.520. The summed E-state index contributed by atoms with van der Waals surface area (Å²) in [7, 11) is 0. The van der Waals surface area contributed by atoms with Crippen molar-refractivity contribution in [3.8, 4) is 0 Å². The molecule has 23 heavy (non-hydrogen) atoms. The number of nitrogens with one attached hydrogen (secondary N) is 3. The van der Waals surface area contributed by atoms with E-state index in [2.05, 4.69) is 59.9 Å². The topological polar surface area (TPSA) is 39.9 Å². The first-order valence-electron chi connectivity index (χ1n) is 9.17. The van der Waals surface area contributed by atoms with E-state index >= 15 is 0 Å². The first-order valence-corrected chi connectivity index (χ1v) is 9.17. The van der Waals surface area contributed by atoms with Gasteiger partial charge in [-0.05, 0) is 55.6 Å². The number of aromatic amines is 1. The van der Waals surface area contributed by atoms with Crippen molar-refractivity contribution < 1.29 is 0 Å². The number of benzene rings is 1. The lowest BCUT2D eigenvalue weighted by Gasteiger charge is -2.20. The Balaban J connectivity index is 1.27. The van der Waals surface area contributed by atoms with Crippen LogP contribution in [0.15, 0.2) is 30.5 Å². The van der Waals surface area contributed by atoms with E-state index in [1.165, 1.54) is 42.3 Å². The molecule has 3 nitrogen and oxygen atoms in total. The minimum Gasteiger partial charge on any atom is -0.361 e. The second-order valence-corrected chi connectivity index (χ2v) is 8.05. The van der Waals surface area contributed by atoms with Gasteiger partial charge in [0.15, 0.2) is 0 Å². The maximum atomic E-state index is 3.79. The van der Waals surface area contributed by atoms with Crippen LogP contribution in [0.5, 0.6) is 0 Å². The fourth-order valence-corrected chi connectivity index (χ4v) is 3.64. The van der Waals surface area contributed by atoms with Gasteiger partial charge in [-0.25, -0.2) is 0 Å². The molecule has 3 heteroatoms. The van der Waals surface area contributed by atoms with Crippen LogP contribution in [-0.2, 0) is 6.42 Å². The van der Waals surface area contributed by atoms with Gasteiger partial charge in [-0.1, -0.05) is 25.1 Å². The van der Waals surface area contributed by atoms with Crippen molar-refractivity contribution >= 4 is 10.9 Å². The number of H-pyrrole nitrogens is 1. The summed E-state index contributed by atoms with van der Waals surface area (Å²) < 4.78 is 0. The number of hydrogen-bond acceptors (Lipinski definition) is 2. The first kappa shape index (κ1) is 15.2. The van der Waals surface area contributed by atoms with Gasteiger partial charge in [0.2, 0.25) is 0 Å². The molecule has 3 atom stereocenters. The van der Waals surface area contributed by atoms with Crippen molar-refractivity contribution in [2.24, 2.45) is 11.3 Å². The highest BCUT2D eigenvalue weighted by molar-refractivity contribution is 5.83. The monoisotopic (exact) mass is 311 g/mol. The Morgan fingerprint density at radius 3 is 2.78 bits per heavy atom. The molecule has 0 aliphatic heterocycles. The van der Waals surface area contributed by atoms with Gasteiger partial charge in [-0.2, -0.15) is 0 Å². The largest absolute Gasteiger partial charge is 0.361 e. The summed E-state index contributed by atoms with van der Waals surface area (Å²) in [6.07, 6.45) is 7.40. The lowest BCUT2D eigenvalue weighted by molar-refractivity contribution is 0.393. The van der Waals surface area contributed by atoms with E-state index in [4.69, 9.17) is 0 Å². The summed E-state index contributed by atoms with van der Waals surface area (Å²) in [5.41, 5.74) is 3.21. The number of fused-ring (bicyclic) bond motifs is 1. The predicted octanol–water partition coefficient (Wildman–Crippen LogP) is 3.47. The lowest BCUT2D eigenvalue weighted by atomic mass is 10.0. The van der Waals surface area contributed by atoms with Crippen molar-refractivity contribution in [1.82, 2.24) is 15.6 Å². The van der Waals surface area contributed by atoms with Crippen LogP contribution in [0.2, 0.25) is 0 Å². The molecule has 124 valence electrons. The van der Waals surface area contributed by atoms with Gasteiger partial charge in [-0.15, -0.1) is 0 Å². The second-order valence-electron chi connectivity index (χ2n) is 8.05. The van der Waals surface area contributed by atoms with Crippen LogP contribution >= 0.6 is 0 Å². The summed E-state index contributed by atoms with van der Waals surface area (Å²) >= 11 is 0. The predicted molar refractivity (Wildman–Crippen MR) is 96.7 cm³/mol. The quantitative estimate of drug-likeness (QED) is 0.698. The molecular formula is C20H29N3. The highest BCUT2D eigenvalue weighted by Gasteiger charge is 2.44. The molecule has 0 bridgehead atoms. The van der Waals surface area contributed by atoms with Gasteiger partial charge in [0, 0.05) is 42.3 Å². The molecule has 1 aromatic heterocycles. The summed E-state index contributed by atoms with van der Waals surface area (Å²) in [6, 6.07) is 9.91. The maximum Gasteiger partial charge on any atom is 0.0456 e. The molecule has 3 N–H and O–H groups in total.